The maximum atomic E-state index is 12.7. The second-order valence-electron chi connectivity index (χ2n) is 7.33. The summed E-state index contributed by atoms with van der Waals surface area (Å²) in [5.41, 5.74) is 2.34. The number of likely N-dealkylation sites (N-methyl/N-ethyl adjacent to an activating group) is 1. The summed E-state index contributed by atoms with van der Waals surface area (Å²) in [6, 6.07) is 7.37. The van der Waals surface area contributed by atoms with Gasteiger partial charge in [0.1, 0.15) is 17.4 Å². The highest BCUT2D eigenvalue weighted by atomic mass is 35.5. The van der Waals surface area contributed by atoms with Crippen molar-refractivity contribution >= 4 is 23.4 Å². The molecule has 8 nitrogen and oxygen atoms in total. The Morgan fingerprint density at radius 1 is 1.24 bits per heavy atom. The second kappa shape index (κ2) is 9.84. The van der Waals surface area contributed by atoms with Crippen LogP contribution in [0.15, 0.2) is 28.9 Å². The average Bonchev–Trinajstić information content (AvgIpc) is 3.11. The van der Waals surface area contributed by atoms with Gasteiger partial charge in [-0.2, -0.15) is 0 Å². The summed E-state index contributed by atoms with van der Waals surface area (Å²) in [4.78, 5) is 29.0. The fourth-order valence-electron chi connectivity index (χ4n) is 3.32. The van der Waals surface area contributed by atoms with Crippen LogP contribution in [0.1, 0.15) is 23.4 Å². The number of hydrogen-bond acceptors (Lipinski definition) is 6. The third kappa shape index (κ3) is 5.77. The van der Waals surface area contributed by atoms with E-state index in [0.29, 0.717) is 37.6 Å². The summed E-state index contributed by atoms with van der Waals surface area (Å²) >= 11 is 5.89. The number of piperazine rings is 1. The highest BCUT2D eigenvalue weighted by Gasteiger charge is 2.32. The third-order valence-corrected chi connectivity index (χ3v) is 5.48. The van der Waals surface area contributed by atoms with Crippen molar-refractivity contribution in [2.75, 3.05) is 33.2 Å². The fourth-order valence-corrected chi connectivity index (χ4v) is 3.45. The lowest BCUT2D eigenvalue weighted by molar-refractivity contribution is -0.137. The smallest absolute Gasteiger partial charge is 0.239 e. The molecule has 29 heavy (non-hydrogen) atoms. The maximum Gasteiger partial charge on any atom is 0.239 e. The van der Waals surface area contributed by atoms with Gasteiger partial charge in [0.15, 0.2) is 0 Å². The van der Waals surface area contributed by atoms with E-state index in [1.807, 2.05) is 36.2 Å². The molecule has 1 saturated heterocycles. The van der Waals surface area contributed by atoms with E-state index in [4.69, 9.17) is 11.6 Å². The summed E-state index contributed by atoms with van der Waals surface area (Å²) in [7, 11) is 1.91. The summed E-state index contributed by atoms with van der Waals surface area (Å²) in [6.45, 7) is 3.93. The number of aromatic nitrogens is 2. The summed E-state index contributed by atoms with van der Waals surface area (Å²) in [5, 5.41) is 11.2. The molecular weight excluding hydrogens is 394 g/mol. The van der Waals surface area contributed by atoms with Crippen molar-refractivity contribution in [2.45, 2.75) is 32.2 Å². The molecule has 0 saturated carbocycles. The quantitative estimate of drug-likeness (QED) is 0.683. The largest absolute Gasteiger partial charge is 0.355 e. The Morgan fingerprint density at radius 2 is 2.00 bits per heavy atom. The van der Waals surface area contributed by atoms with Crippen LogP contribution in [0.3, 0.4) is 0 Å². The van der Waals surface area contributed by atoms with Crippen molar-refractivity contribution in [3.05, 3.63) is 46.2 Å². The molecule has 2 aromatic rings. The number of amides is 2. The maximum absolute atomic E-state index is 12.7. The number of hydrogen-bond donors (Lipinski definition) is 1. The van der Waals surface area contributed by atoms with Crippen LogP contribution in [0.25, 0.3) is 0 Å². The monoisotopic (exact) mass is 419 g/mol. The minimum Gasteiger partial charge on any atom is -0.355 e. The topological polar surface area (TPSA) is 91.6 Å². The van der Waals surface area contributed by atoms with Gasteiger partial charge in [-0.05, 0) is 44.5 Å². The van der Waals surface area contributed by atoms with Gasteiger partial charge >= 0.3 is 0 Å². The molecule has 1 fully saturated rings. The first-order chi connectivity index (χ1) is 13.9. The van der Waals surface area contributed by atoms with E-state index < -0.39 is 0 Å². The van der Waals surface area contributed by atoms with E-state index in [1.165, 1.54) is 5.56 Å². The molecule has 2 amide bonds. The van der Waals surface area contributed by atoms with Crippen LogP contribution in [-0.2, 0) is 22.4 Å². The molecule has 0 bridgehead atoms. The van der Waals surface area contributed by atoms with Crippen LogP contribution in [-0.4, -0.2) is 71.2 Å². The lowest BCUT2D eigenvalue weighted by Crippen LogP contribution is -2.59. The Hall–Kier alpha value is -2.45. The zero-order chi connectivity index (χ0) is 20.8. The van der Waals surface area contributed by atoms with E-state index in [2.05, 4.69) is 20.3 Å². The van der Waals surface area contributed by atoms with Gasteiger partial charge in [-0.15, -0.1) is 0 Å². The van der Waals surface area contributed by atoms with Crippen LogP contribution in [0.5, 0.6) is 0 Å². The number of halogens is 1. The minimum atomic E-state index is -0.361. The van der Waals surface area contributed by atoms with E-state index in [-0.39, 0.29) is 24.3 Å². The first-order valence-electron chi connectivity index (χ1n) is 9.72. The minimum absolute atomic E-state index is 0.0552. The van der Waals surface area contributed by atoms with Crippen LogP contribution >= 0.6 is 11.6 Å². The first-order valence-corrected chi connectivity index (χ1v) is 10.1. The number of carbonyl (C=O) groups is 2. The molecule has 9 heteroatoms. The number of benzene rings is 1. The molecule has 0 unspecified atom stereocenters. The zero-order valence-electron chi connectivity index (χ0n) is 16.7. The molecule has 1 aromatic heterocycles. The number of aryl methyl sites for hydroxylation is 2. The first kappa shape index (κ1) is 21.3. The van der Waals surface area contributed by atoms with E-state index in [9.17, 15) is 9.59 Å². The van der Waals surface area contributed by atoms with Crippen molar-refractivity contribution in [3.8, 4) is 0 Å². The Balaban J connectivity index is 1.46. The Morgan fingerprint density at radius 3 is 2.69 bits per heavy atom. The number of nitrogens with one attached hydrogen (secondary N) is 1. The van der Waals surface area contributed by atoms with E-state index in [0.717, 1.165) is 17.9 Å². The van der Waals surface area contributed by atoms with Crippen LogP contribution in [0.4, 0.5) is 0 Å². The molecule has 3 rings (SSSR count). The van der Waals surface area contributed by atoms with E-state index in [1.54, 1.807) is 11.8 Å². The Labute approximate surface area is 175 Å². The lowest BCUT2D eigenvalue weighted by atomic mass is 10.1. The van der Waals surface area contributed by atoms with Gasteiger partial charge < -0.3 is 10.2 Å². The molecule has 0 radical (unpaired) electrons. The molecule has 156 valence electrons. The SMILES string of the molecule is Cc1nonc1CC(=O)N1CCN(C)[C@H](C(=O)NCCCc2ccc(Cl)cc2)C1. The van der Waals surface area contributed by atoms with Crippen molar-refractivity contribution in [1.82, 2.24) is 25.4 Å². The highest BCUT2D eigenvalue weighted by Crippen LogP contribution is 2.12. The molecule has 0 aliphatic carbocycles. The van der Waals surface area contributed by atoms with Crippen molar-refractivity contribution in [1.29, 1.82) is 0 Å². The number of carbonyl (C=O) groups excluding carboxylic acids is 2. The molecular formula is C20H26ClN5O3. The van der Waals surface area contributed by atoms with Crippen molar-refractivity contribution in [2.24, 2.45) is 0 Å². The summed E-state index contributed by atoms with van der Waals surface area (Å²) in [5.74, 6) is -0.127. The molecule has 1 aliphatic heterocycles. The standard InChI is InChI=1S/C20H26ClN5O3/c1-14-17(24-29-23-14)12-19(27)26-11-10-25(2)18(13-26)20(28)22-9-3-4-15-5-7-16(21)8-6-15/h5-8,18H,3-4,9-13H2,1-2H3,(H,22,28)/t18-/m0/s1. The summed E-state index contributed by atoms with van der Waals surface area (Å²) in [6.07, 6.45) is 1.84. The second-order valence-corrected chi connectivity index (χ2v) is 7.77. The predicted molar refractivity (Wildman–Crippen MR) is 109 cm³/mol. The van der Waals surface area contributed by atoms with Gasteiger partial charge in [0.05, 0.1) is 6.42 Å². The third-order valence-electron chi connectivity index (χ3n) is 5.22. The zero-order valence-corrected chi connectivity index (χ0v) is 17.5. The lowest BCUT2D eigenvalue weighted by Gasteiger charge is -2.38. The van der Waals surface area contributed by atoms with Crippen LogP contribution in [0, 0.1) is 6.92 Å². The fraction of sp³-hybridized carbons (Fsp3) is 0.500. The van der Waals surface area contributed by atoms with Gasteiger partial charge in [0.25, 0.3) is 0 Å². The van der Waals surface area contributed by atoms with E-state index >= 15 is 0 Å². The Kier molecular flexibility index (Phi) is 7.22. The van der Waals surface area contributed by atoms with Crippen molar-refractivity contribution in [3.63, 3.8) is 0 Å². The number of rotatable bonds is 7. The molecule has 1 N–H and O–H groups in total. The molecule has 1 aromatic carbocycles. The number of nitrogens with zero attached hydrogens (tertiary/aromatic N) is 4. The van der Waals surface area contributed by atoms with Gasteiger partial charge in [0, 0.05) is 31.2 Å². The van der Waals surface area contributed by atoms with Gasteiger partial charge in [0.2, 0.25) is 11.8 Å². The molecule has 2 heterocycles. The van der Waals surface area contributed by atoms with Gasteiger partial charge in [-0.25, -0.2) is 4.63 Å². The molecule has 1 atom stereocenters. The van der Waals surface area contributed by atoms with Gasteiger partial charge in [-0.1, -0.05) is 34.0 Å². The molecule has 0 spiro atoms. The van der Waals surface area contributed by atoms with Crippen molar-refractivity contribution < 1.29 is 14.2 Å². The average molecular weight is 420 g/mol. The highest BCUT2D eigenvalue weighted by molar-refractivity contribution is 6.30. The Bertz CT molecular complexity index is 839. The normalized spacial score (nSPS) is 17.3. The predicted octanol–water partition coefficient (Wildman–Crippen LogP) is 1.47. The van der Waals surface area contributed by atoms with Crippen LogP contribution in [0.2, 0.25) is 5.02 Å². The summed E-state index contributed by atoms with van der Waals surface area (Å²) < 4.78 is 4.65. The molecule has 1 aliphatic rings. The van der Waals surface area contributed by atoms with Crippen LogP contribution < -0.4 is 5.32 Å². The van der Waals surface area contributed by atoms with Gasteiger partial charge in [-0.3, -0.25) is 14.5 Å².